The van der Waals surface area contributed by atoms with Gasteiger partial charge >= 0.3 is 5.97 Å². The first kappa shape index (κ1) is 16.8. The van der Waals surface area contributed by atoms with Crippen LogP contribution in [0.15, 0.2) is 35.9 Å². The third kappa shape index (κ3) is 2.02. The van der Waals surface area contributed by atoms with E-state index in [0.717, 1.165) is 16.5 Å². The summed E-state index contributed by atoms with van der Waals surface area (Å²) < 4.78 is 5.14. The average molecular weight is 354 g/mol. The first-order valence-corrected chi connectivity index (χ1v) is 8.83. The lowest BCUT2D eigenvalue weighted by Crippen LogP contribution is -2.56. The van der Waals surface area contributed by atoms with Crippen LogP contribution in [-0.2, 0) is 14.9 Å². The van der Waals surface area contributed by atoms with E-state index >= 15 is 0 Å². The fourth-order valence-corrected chi connectivity index (χ4v) is 4.62. The lowest BCUT2D eigenvalue weighted by atomic mass is 9.64. The third-order valence-electron chi connectivity index (χ3n) is 5.93. The Morgan fingerprint density at radius 3 is 2.92 bits per heavy atom. The molecular weight excluding hydrogens is 332 g/mol. The van der Waals surface area contributed by atoms with Crippen LogP contribution in [0.3, 0.4) is 0 Å². The van der Waals surface area contributed by atoms with E-state index in [2.05, 4.69) is 4.98 Å². The number of hydrogen-bond donors (Lipinski definition) is 2. The highest BCUT2D eigenvalue weighted by Gasteiger charge is 2.55. The number of allylic oxidation sites excluding steroid dienone is 1. The molecule has 6 heteroatoms. The van der Waals surface area contributed by atoms with Crippen LogP contribution < -0.4 is 0 Å². The van der Waals surface area contributed by atoms with Gasteiger partial charge in [-0.1, -0.05) is 29.8 Å². The summed E-state index contributed by atoms with van der Waals surface area (Å²) >= 11 is 0. The number of nitrogens with one attached hydrogen (secondary N) is 1. The van der Waals surface area contributed by atoms with E-state index in [9.17, 15) is 14.7 Å². The maximum absolute atomic E-state index is 13.3. The molecule has 6 nitrogen and oxygen atoms in total. The quantitative estimate of drug-likeness (QED) is 0.638. The Morgan fingerprint density at radius 1 is 1.46 bits per heavy atom. The van der Waals surface area contributed by atoms with Gasteiger partial charge in [0.2, 0.25) is 0 Å². The molecule has 2 atom stereocenters. The normalized spacial score (nSPS) is 26.7. The number of para-hydroxylation sites is 1. The zero-order valence-electron chi connectivity index (χ0n) is 14.9. The molecule has 0 unspecified atom stereocenters. The molecule has 0 aliphatic carbocycles. The maximum Gasteiger partial charge on any atom is 0.320 e. The molecule has 1 saturated heterocycles. The summed E-state index contributed by atoms with van der Waals surface area (Å²) in [6.45, 7) is 2.51. The molecule has 136 valence electrons. The summed E-state index contributed by atoms with van der Waals surface area (Å²) in [5, 5.41) is 11.2. The molecular formula is C20H22N2O4. The van der Waals surface area contributed by atoms with E-state index in [4.69, 9.17) is 4.74 Å². The molecule has 0 radical (unpaired) electrons. The van der Waals surface area contributed by atoms with Crippen LogP contribution in [0.2, 0.25) is 0 Å². The van der Waals surface area contributed by atoms with E-state index in [0.29, 0.717) is 30.8 Å². The van der Waals surface area contributed by atoms with Crippen LogP contribution in [0.5, 0.6) is 0 Å². The molecule has 1 aromatic carbocycles. The standard InChI is InChI=1S/C20H22N2O4/c1-3-12-10-22-9-8-14(12)20(11-23,19(25)26-2)17-16(18(22)24)13-6-4-5-7-15(13)21-17/h3-7,14,21,23H,8-11H2,1-2H3/b12-3+/t14-,20-/m0/s1. The summed E-state index contributed by atoms with van der Waals surface area (Å²) in [4.78, 5) is 31.5. The minimum absolute atomic E-state index is 0.114. The number of ether oxygens (including phenoxy) is 1. The molecule has 1 aromatic heterocycles. The Balaban J connectivity index is 2.13. The molecule has 1 amide bonds. The molecule has 3 aliphatic heterocycles. The summed E-state index contributed by atoms with van der Waals surface area (Å²) in [6.07, 6.45) is 2.56. The van der Waals surface area contributed by atoms with Gasteiger partial charge in [0.1, 0.15) is 5.41 Å². The van der Waals surface area contributed by atoms with Gasteiger partial charge in [-0.2, -0.15) is 0 Å². The van der Waals surface area contributed by atoms with Crippen LogP contribution in [-0.4, -0.2) is 53.7 Å². The van der Waals surface area contributed by atoms with Gasteiger partial charge in [0, 0.05) is 35.6 Å². The predicted molar refractivity (Wildman–Crippen MR) is 96.8 cm³/mol. The van der Waals surface area contributed by atoms with Gasteiger partial charge in [-0.05, 0) is 19.4 Å². The number of nitrogens with zero attached hydrogens (tertiary/aromatic N) is 1. The van der Waals surface area contributed by atoms with Crippen molar-refractivity contribution in [2.45, 2.75) is 18.8 Å². The van der Waals surface area contributed by atoms with Crippen molar-refractivity contribution in [1.29, 1.82) is 0 Å². The number of carbonyl (C=O) groups excluding carboxylic acids is 2. The Labute approximate surface area is 151 Å². The average Bonchev–Trinajstić information content (AvgIpc) is 3.06. The van der Waals surface area contributed by atoms with Gasteiger partial charge in [-0.15, -0.1) is 0 Å². The molecule has 2 bridgehead atoms. The number of aliphatic hydroxyl groups excluding tert-OH is 1. The number of fused-ring (bicyclic) bond motifs is 3. The van der Waals surface area contributed by atoms with Crippen molar-refractivity contribution in [3.63, 3.8) is 0 Å². The van der Waals surface area contributed by atoms with Gasteiger partial charge in [-0.3, -0.25) is 9.59 Å². The number of benzene rings is 1. The van der Waals surface area contributed by atoms with Gasteiger partial charge < -0.3 is 19.7 Å². The highest BCUT2D eigenvalue weighted by atomic mass is 16.5. The predicted octanol–water partition coefficient (Wildman–Crippen LogP) is 1.99. The zero-order valence-corrected chi connectivity index (χ0v) is 14.9. The van der Waals surface area contributed by atoms with Crippen molar-refractivity contribution in [3.05, 3.63) is 47.2 Å². The van der Waals surface area contributed by atoms with Crippen molar-refractivity contribution >= 4 is 22.8 Å². The second kappa shape index (κ2) is 5.99. The monoisotopic (exact) mass is 354 g/mol. The number of esters is 1. The Bertz CT molecular complexity index is 929. The maximum atomic E-state index is 13.3. The molecule has 1 fully saturated rings. The Morgan fingerprint density at radius 2 is 2.23 bits per heavy atom. The van der Waals surface area contributed by atoms with Gasteiger partial charge in [-0.25, -0.2) is 0 Å². The fraction of sp³-hybridized carbons (Fsp3) is 0.400. The molecule has 5 rings (SSSR count). The van der Waals surface area contributed by atoms with Crippen molar-refractivity contribution < 1.29 is 19.4 Å². The van der Waals surface area contributed by atoms with E-state index in [1.165, 1.54) is 7.11 Å². The first-order chi connectivity index (χ1) is 12.6. The van der Waals surface area contributed by atoms with E-state index in [-0.39, 0.29) is 11.8 Å². The second-order valence-electron chi connectivity index (χ2n) is 6.97. The minimum atomic E-state index is -1.31. The van der Waals surface area contributed by atoms with E-state index in [1.54, 1.807) is 0 Å². The van der Waals surface area contributed by atoms with Gasteiger partial charge in [0.05, 0.1) is 19.3 Å². The number of aromatic nitrogens is 1. The summed E-state index contributed by atoms with van der Waals surface area (Å²) in [7, 11) is 1.33. The minimum Gasteiger partial charge on any atom is -0.468 e. The third-order valence-corrected chi connectivity index (χ3v) is 5.93. The van der Waals surface area contributed by atoms with Gasteiger partial charge in [0.15, 0.2) is 0 Å². The zero-order chi connectivity index (χ0) is 18.5. The first-order valence-electron chi connectivity index (χ1n) is 8.83. The van der Waals surface area contributed by atoms with Crippen molar-refractivity contribution in [1.82, 2.24) is 9.88 Å². The molecule has 2 N–H and O–H groups in total. The summed E-state index contributed by atoms with van der Waals surface area (Å²) in [5.41, 5.74) is 1.38. The number of aliphatic hydroxyl groups is 1. The van der Waals surface area contributed by atoms with E-state index in [1.807, 2.05) is 42.2 Å². The fourth-order valence-electron chi connectivity index (χ4n) is 4.62. The molecule has 26 heavy (non-hydrogen) atoms. The summed E-state index contributed by atoms with van der Waals surface area (Å²) in [5.74, 6) is -0.849. The van der Waals surface area contributed by atoms with Crippen LogP contribution in [0.1, 0.15) is 29.4 Å². The number of methoxy groups -OCH3 is 1. The van der Waals surface area contributed by atoms with Crippen LogP contribution in [0.4, 0.5) is 0 Å². The largest absolute Gasteiger partial charge is 0.468 e. The Kier molecular flexibility index (Phi) is 3.88. The van der Waals surface area contributed by atoms with E-state index < -0.39 is 18.0 Å². The molecule has 0 spiro atoms. The molecule has 4 heterocycles. The van der Waals surface area contributed by atoms with Crippen LogP contribution >= 0.6 is 0 Å². The second-order valence-corrected chi connectivity index (χ2v) is 6.97. The number of piperidine rings is 1. The molecule has 2 aromatic rings. The lowest BCUT2D eigenvalue weighted by Gasteiger charge is -2.46. The summed E-state index contributed by atoms with van der Waals surface area (Å²) in [6, 6.07) is 7.49. The number of hydrogen-bond acceptors (Lipinski definition) is 4. The number of H-pyrrole nitrogens is 1. The van der Waals surface area contributed by atoms with Crippen molar-refractivity contribution in [2.24, 2.45) is 5.92 Å². The van der Waals surface area contributed by atoms with Crippen molar-refractivity contribution in [2.75, 3.05) is 26.8 Å². The topological polar surface area (TPSA) is 82.6 Å². The number of rotatable bonds is 2. The lowest BCUT2D eigenvalue weighted by molar-refractivity contribution is -0.152. The SMILES string of the molecule is C/C=C1\CN2CC[C@@H]1[C@](CO)(C(=O)OC)c1[nH]c3ccccc3c1C2=O. The van der Waals surface area contributed by atoms with Crippen LogP contribution in [0.25, 0.3) is 10.9 Å². The van der Waals surface area contributed by atoms with Crippen molar-refractivity contribution in [3.8, 4) is 0 Å². The molecule has 0 saturated carbocycles. The number of aromatic amines is 1. The highest BCUT2D eigenvalue weighted by Crippen LogP contribution is 2.47. The Hall–Kier alpha value is -2.60. The number of amides is 1. The highest BCUT2D eigenvalue weighted by molar-refractivity contribution is 6.10. The van der Waals surface area contributed by atoms with Gasteiger partial charge in [0.25, 0.3) is 5.91 Å². The van der Waals surface area contributed by atoms with Crippen LogP contribution in [0, 0.1) is 5.92 Å². The number of carbonyl (C=O) groups is 2. The molecule has 3 aliphatic rings. The smallest absolute Gasteiger partial charge is 0.320 e.